The number of ether oxygens (including phenoxy) is 1. The molecule has 106 valence electrons. The van der Waals surface area contributed by atoms with E-state index in [2.05, 4.69) is 24.5 Å². The first-order valence-electron chi connectivity index (χ1n) is 6.78. The molecule has 1 fully saturated rings. The molecule has 0 aliphatic heterocycles. The summed E-state index contributed by atoms with van der Waals surface area (Å²) >= 11 is 0. The molecule has 2 atom stereocenters. The van der Waals surface area contributed by atoms with Gasteiger partial charge >= 0.3 is 0 Å². The Morgan fingerprint density at radius 2 is 2.00 bits per heavy atom. The van der Waals surface area contributed by atoms with Crippen molar-refractivity contribution in [3.63, 3.8) is 0 Å². The van der Waals surface area contributed by atoms with Crippen LogP contribution in [0.3, 0.4) is 0 Å². The van der Waals surface area contributed by atoms with E-state index in [0.29, 0.717) is 31.7 Å². The molecule has 1 saturated carbocycles. The molecule has 0 saturated heterocycles. The van der Waals surface area contributed by atoms with E-state index in [0.717, 1.165) is 12.8 Å². The van der Waals surface area contributed by atoms with Crippen LogP contribution in [0.2, 0.25) is 0 Å². The van der Waals surface area contributed by atoms with Gasteiger partial charge in [-0.15, -0.1) is 0 Å². The maximum absolute atomic E-state index is 11.6. The third kappa shape index (κ3) is 6.93. The lowest BCUT2D eigenvalue weighted by molar-refractivity contribution is -0.123. The van der Waals surface area contributed by atoms with Gasteiger partial charge in [0, 0.05) is 19.2 Å². The molecule has 0 heterocycles. The zero-order valence-corrected chi connectivity index (χ0v) is 11.6. The van der Waals surface area contributed by atoms with Crippen molar-refractivity contribution in [2.24, 2.45) is 5.92 Å². The second kappa shape index (κ2) is 7.71. The van der Waals surface area contributed by atoms with Gasteiger partial charge < -0.3 is 20.5 Å². The average molecular weight is 258 g/mol. The van der Waals surface area contributed by atoms with Crippen LogP contribution < -0.4 is 10.6 Å². The van der Waals surface area contributed by atoms with E-state index in [1.54, 1.807) is 6.92 Å². The molecular formula is C13H26N2O3. The summed E-state index contributed by atoms with van der Waals surface area (Å²) in [4.78, 5) is 11.6. The lowest BCUT2D eigenvalue weighted by atomic mass is 10.2. The Kier molecular flexibility index (Phi) is 6.60. The third-order valence-electron chi connectivity index (χ3n) is 2.74. The topological polar surface area (TPSA) is 70.6 Å². The number of hydrogen-bond acceptors (Lipinski definition) is 4. The minimum Gasteiger partial charge on any atom is -0.389 e. The van der Waals surface area contributed by atoms with Crippen LogP contribution in [0.4, 0.5) is 0 Å². The van der Waals surface area contributed by atoms with Gasteiger partial charge in [0.2, 0.25) is 5.91 Å². The molecule has 18 heavy (non-hydrogen) atoms. The zero-order chi connectivity index (χ0) is 13.5. The highest BCUT2D eigenvalue weighted by molar-refractivity contribution is 5.81. The van der Waals surface area contributed by atoms with E-state index >= 15 is 0 Å². The van der Waals surface area contributed by atoms with E-state index in [4.69, 9.17) is 4.74 Å². The Bertz CT molecular complexity index is 255. The Labute approximate surface area is 109 Å². The second-order valence-corrected chi connectivity index (χ2v) is 5.50. The summed E-state index contributed by atoms with van der Waals surface area (Å²) < 4.78 is 5.33. The fourth-order valence-corrected chi connectivity index (χ4v) is 1.46. The molecule has 2 unspecified atom stereocenters. The Balaban J connectivity index is 2.04. The Morgan fingerprint density at radius 3 is 2.56 bits per heavy atom. The highest BCUT2D eigenvalue weighted by Gasteiger charge is 2.25. The van der Waals surface area contributed by atoms with Crippen molar-refractivity contribution in [3.05, 3.63) is 0 Å². The maximum atomic E-state index is 11.6. The molecule has 1 rings (SSSR count). The van der Waals surface area contributed by atoms with Crippen LogP contribution in [0, 0.1) is 5.92 Å². The van der Waals surface area contributed by atoms with E-state index in [9.17, 15) is 9.90 Å². The number of amides is 1. The molecule has 5 heteroatoms. The number of aliphatic hydroxyl groups is 1. The highest BCUT2D eigenvalue weighted by atomic mass is 16.5. The van der Waals surface area contributed by atoms with Crippen LogP contribution in [-0.2, 0) is 9.53 Å². The van der Waals surface area contributed by atoms with Gasteiger partial charge in [0.15, 0.2) is 0 Å². The minimum atomic E-state index is -0.570. The fourth-order valence-electron chi connectivity index (χ4n) is 1.46. The monoisotopic (exact) mass is 258 g/mol. The van der Waals surface area contributed by atoms with Gasteiger partial charge in [0.1, 0.15) is 0 Å². The third-order valence-corrected chi connectivity index (χ3v) is 2.74. The summed E-state index contributed by atoms with van der Waals surface area (Å²) in [7, 11) is 0. The highest BCUT2D eigenvalue weighted by Crippen LogP contribution is 2.18. The van der Waals surface area contributed by atoms with E-state index < -0.39 is 6.10 Å². The summed E-state index contributed by atoms with van der Waals surface area (Å²) in [6.45, 7) is 7.26. The number of rotatable bonds is 9. The number of carbonyl (C=O) groups is 1. The van der Waals surface area contributed by atoms with Crippen LogP contribution in [0.5, 0.6) is 0 Å². The van der Waals surface area contributed by atoms with E-state index in [-0.39, 0.29) is 11.9 Å². The maximum Gasteiger partial charge on any atom is 0.237 e. The Hall–Kier alpha value is -0.650. The van der Waals surface area contributed by atoms with E-state index in [1.165, 1.54) is 0 Å². The SMILES string of the molecule is CC(C)COCC(O)CNC(C)C(=O)NC1CC1. The van der Waals surface area contributed by atoms with Crippen molar-refractivity contribution in [2.45, 2.75) is 51.8 Å². The van der Waals surface area contributed by atoms with Crippen LogP contribution in [0.15, 0.2) is 0 Å². The van der Waals surface area contributed by atoms with E-state index in [1.807, 2.05) is 0 Å². The molecule has 0 bridgehead atoms. The van der Waals surface area contributed by atoms with Gasteiger partial charge in [-0.2, -0.15) is 0 Å². The molecular weight excluding hydrogens is 232 g/mol. The summed E-state index contributed by atoms with van der Waals surface area (Å²) in [6.07, 6.45) is 1.61. The summed E-state index contributed by atoms with van der Waals surface area (Å²) in [5, 5.41) is 15.6. The van der Waals surface area contributed by atoms with Crippen LogP contribution in [0.25, 0.3) is 0 Å². The molecule has 1 aliphatic rings. The normalized spacial score (nSPS) is 18.7. The number of aliphatic hydroxyl groups excluding tert-OH is 1. The molecule has 0 aromatic carbocycles. The smallest absolute Gasteiger partial charge is 0.237 e. The van der Waals surface area contributed by atoms with Crippen molar-refractivity contribution in [3.8, 4) is 0 Å². The number of carbonyl (C=O) groups excluding carboxylic acids is 1. The van der Waals surface area contributed by atoms with Crippen LogP contribution >= 0.6 is 0 Å². The fraction of sp³-hybridized carbons (Fsp3) is 0.923. The summed E-state index contributed by atoms with van der Waals surface area (Å²) in [5.41, 5.74) is 0. The van der Waals surface area contributed by atoms with Gasteiger partial charge in [0.05, 0.1) is 18.8 Å². The first-order chi connectivity index (χ1) is 8.49. The number of nitrogens with one attached hydrogen (secondary N) is 2. The molecule has 0 aromatic heterocycles. The second-order valence-electron chi connectivity index (χ2n) is 5.50. The largest absolute Gasteiger partial charge is 0.389 e. The Morgan fingerprint density at radius 1 is 1.33 bits per heavy atom. The van der Waals surface area contributed by atoms with Gasteiger partial charge in [-0.3, -0.25) is 4.79 Å². The van der Waals surface area contributed by atoms with Crippen molar-refractivity contribution >= 4 is 5.91 Å². The van der Waals surface area contributed by atoms with Crippen molar-refractivity contribution in [2.75, 3.05) is 19.8 Å². The molecule has 1 amide bonds. The van der Waals surface area contributed by atoms with Crippen molar-refractivity contribution in [1.82, 2.24) is 10.6 Å². The summed E-state index contributed by atoms with van der Waals surface area (Å²) in [6, 6.07) is 0.103. The predicted octanol–water partition coefficient (Wildman–Crippen LogP) is 0.277. The molecule has 5 nitrogen and oxygen atoms in total. The quantitative estimate of drug-likeness (QED) is 0.555. The van der Waals surface area contributed by atoms with Gasteiger partial charge in [-0.25, -0.2) is 0 Å². The minimum absolute atomic E-state index is 0.00722. The first kappa shape index (κ1) is 15.4. The lowest BCUT2D eigenvalue weighted by Crippen LogP contribution is -2.46. The predicted molar refractivity (Wildman–Crippen MR) is 70.3 cm³/mol. The van der Waals surface area contributed by atoms with Crippen molar-refractivity contribution in [1.29, 1.82) is 0 Å². The summed E-state index contributed by atoms with van der Waals surface area (Å²) in [5.74, 6) is 0.473. The van der Waals surface area contributed by atoms with Crippen molar-refractivity contribution < 1.29 is 14.6 Å². The van der Waals surface area contributed by atoms with Crippen LogP contribution in [0.1, 0.15) is 33.6 Å². The number of hydrogen-bond donors (Lipinski definition) is 3. The van der Waals surface area contributed by atoms with Gasteiger partial charge in [-0.1, -0.05) is 13.8 Å². The first-order valence-corrected chi connectivity index (χ1v) is 6.78. The zero-order valence-electron chi connectivity index (χ0n) is 11.6. The van der Waals surface area contributed by atoms with Crippen LogP contribution in [-0.4, -0.2) is 49.0 Å². The molecule has 0 aromatic rings. The average Bonchev–Trinajstić information content (AvgIpc) is 3.09. The van der Waals surface area contributed by atoms with Gasteiger partial charge in [-0.05, 0) is 25.7 Å². The molecule has 0 radical (unpaired) electrons. The standard InChI is InChI=1S/C13H26N2O3/c1-9(2)7-18-8-12(16)6-14-10(3)13(17)15-11-4-5-11/h9-12,14,16H,4-8H2,1-3H3,(H,15,17). The van der Waals surface area contributed by atoms with Gasteiger partial charge in [0.25, 0.3) is 0 Å². The molecule has 0 spiro atoms. The molecule has 1 aliphatic carbocycles. The molecule has 3 N–H and O–H groups in total. The lowest BCUT2D eigenvalue weighted by Gasteiger charge is -2.17.